The number of hydrogen-bond donors (Lipinski definition) is 2. The Balaban J connectivity index is 2.67. The summed E-state index contributed by atoms with van der Waals surface area (Å²) in [5.41, 5.74) is 1.52. The Bertz CT molecular complexity index is 453. The molecule has 0 fully saturated rings. The molecule has 0 radical (unpaired) electrons. The molecular weight excluding hydrogens is 228 g/mol. The van der Waals surface area contributed by atoms with E-state index in [2.05, 4.69) is 17.2 Å². The summed E-state index contributed by atoms with van der Waals surface area (Å²) >= 11 is 0. The SMILES string of the molecule is C=CC(=O)Nc1cccc(CC(=O)NC(C)C)c1. The molecule has 0 aliphatic rings. The fourth-order valence-electron chi connectivity index (χ4n) is 1.51. The Hall–Kier alpha value is -2.10. The van der Waals surface area contributed by atoms with Crippen molar-refractivity contribution in [3.63, 3.8) is 0 Å². The molecule has 0 aliphatic heterocycles. The van der Waals surface area contributed by atoms with Gasteiger partial charge in [0.1, 0.15) is 0 Å². The second-order valence-corrected chi connectivity index (χ2v) is 4.29. The summed E-state index contributed by atoms with van der Waals surface area (Å²) in [4.78, 5) is 22.7. The highest BCUT2D eigenvalue weighted by Gasteiger charge is 2.05. The fraction of sp³-hybridized carbons (Fsp3) is 0.286. The van der Waals surface area contributed by atoms with Gasteiger partial charge in [0.2, 0.25) is 11.8 Å². The molecule has 0 aliphatic carbocycles. The number of nitrogens with one attached hydrogen (secondary N) is 2. The molecule has 0 unspecified atom stereocenters. The predicted octanol–water partition coefficient (Wildman–Crippen LogP) is 1.88. The highest BCUT2D eigenvalue weighted by molar-refractivity contribution is 5.98. The summed E-state index contributed by atoms with van der Waals surface area (Å²) in [5, 5.41) is 5.48. The van der Waals surface area contributed by atoms with E-state index < -0.39 is 0 Å². The fourth-order valence-corrected chi connectivity index (χ4v) is 1.51. The van der Waals surface area contributed by atoms with Crippen molar-refractivity contribution in [3.05, 3.63) is 42.5 Å². The maximum absolute atomic E-state index is 11.6. The molecule has 18 heavy (non-hydrogen) atoms. The van der Waals surface area contributed by atoms with E-state index in [-0.39, 0.29) is 17.9 Å². The lowest BCUT2D eigenvalue weighted by Crippen LogP contribution is -2.31. The number of amides is 2. The normalized spacial score (nSPS) is 9.94. The molecule has 1 rings (SSSR count). The minimum atomic E-state index is -0.265. The lowest BCUT2D eigenvalue weighted by Gasteiger charge is -2.09. The predicted molar refractivity (Wildman–Crippen MR) is 72.3 cm³/mol. The molecule has 0 heterocycles. The molecule has 2 amide bonds. The first-order chi connectivity index (χ1) is 8.51. The molecule has 2 N–H and O–H groups in total. The molecule has 96 valence electrons. The van der Waals surface area contributed by atoms with Crippen LogP contribution in [0.5, 0.6) is 0 Å². The van der Waals surface area contributed by atoms with E-state index in [0.717, 1.165) is 5.56 Å². The average Bonchev–Trinajstić information content (AvgIpc) is 2.28. The molecular formula is C14H18N2O2. The van der Waals surface area contributed by atoms with Crippen LogP contribution in [0.1, 0.15) is 19.4 Å². The van der Waals surface area contributed by atoms with Crippen LogP contribution < -0.4 is 10.6 Å². The summed E-state index contributed by atoms with van der Waals surface area (Å²) in [6.07, 6.45) is 1.51. The van der Waals surface area contributed by atoms with Crippen LogP contribution in [-0.2, 0) is 16.0 Å². The first-order valence-corrected chi connectivity index (χ1v) is 5.83. The van der Waals surface area contributed by atoms with Gasteiger partial charge >= 0.3 is 0 Å². The van der Waals surface area contributed by atoms with Crippen molar-refractivity contribution < 1.29 is 9.59 Å². The standard InChI is InChI=1S/C14H18N2O2/c1-4-13(17)16-12-7-5-6-11(8-12)9-14(18)15-10(2)3/h4-8,10H,1,9H2,2-3H3,(H,15,18)(H,16,17). The smallest absolute Gasteiger partial charge is 0.247 e. The van der Waals surface area contributed by atoms with Crippen molar-refractivity contribution in [2.45, 2.75) is 26.3 Å². The zero-order valence-electron chi connectivity index (χ0n) is 10.7. The topological polar surface area (TPSA) is 58.2 Å². The molecule has 0 spiro atoms. The maximum Gasteiger partial charge on any atom is 0.247 e. The third-order valence-electron chi connectivity index (χ3n) is 2.19. The maximum atomic E-state index is 11.6. The second-order valence-electron chi connectivity index (χ2n) is 4.29. The first-order valence-electron chi connectivity index (χ1n) is 5.83. The van der Waals surface area contributed by atoms with Gasteiger partial charge in [-0.2, -0.15) is 0 Å². The van der Waals surface area contributed by atoms with Crippen molar-refractivity contribution in [1.29, 1.82) is 0 Å². The molecule has 0 aromatic heterocycles. The van der Waals surface area contributed by atoms with E-state index >= 15 is 0 Å². The Kier molecular flexibility index (Phi) is 5.11. The van der Waals surface area contributed by atoms with Crippen molar-refractivity contribution in [1.82, 2.24) is 5.32 Å². The lowest BCUT2D eigenvalue weighted by atomic mass is 10.1. The van der Waals surface area contributed by atoms with Gasteiger partial charge in [0.05, 0.1) is 6.42 Å². The van der Waals surface area contributed by atoms with Crippen molar-refractivity contribution >= 4 is 17.5 Å². The monoisotopic (exact) mass is 246 g/mol. The summed E-state index contributed by atoms with van der Waals surface area (Å²) < 4.78 is 0. The zero-order chi connectivity index (χ0) is 13.5. The van der Waals surface area contributed by atoms with Gasteiger partial charge in [-0.05, 0) is 37.6 Å². The lowest BCUT2D eigenvalue weighted by molar-refractivity contribution is -0.120. The minimum absolute atomic E-state index is 0.0304. The van der Waals surface area contributed by atoms with Crippen LogP contribution in [0.2, 0.25) is 0 Å². The van der Waals surface area contributed by atoms with E-state index in [1.807, 2.05) is 19.9 Å². The van der Waals surface area contributed by atoms with Gasteiger partial charge in [0.15, 0.2) is 0 Å². The van der Waals surface area contributed by atoms with Gasteiger partial charge in [0.25, 0.3) is 0 Å². The number of anilines is 1. The summed E-state index contributed by atoms with van der Waals surface area (Å²) in [6, 6.07) is 7.33. The second kappa shape index (κ2) is 6.59. The van der Waals surface area contributed by atoms with Gasteiger partial charge in [-0.15, -0.1) is 0 Å². The molecule has 0 atom stereocenters. The van der Waals surface area contributed by atoms with E-state index in [1.165, 1.54) is 6.08 Å². The van der Waals surface area contributed by atoms with Crippen LogP contribution in [0, 0.1) is 0 Å². The average molecular weight is 246 g/mol. The van der Waals surface area contributed by atoms with Gasteiger partial charge in [-0.25, -0.2) is 0 Å². The van der Waals surface area contributed by atoms with Gasteiger partial charge in [-0.3, -0.25) is 9.59 Å². The van der Waals surface area contributed by atoms with Gasteiger partial charge < -0.3 is 10.6 Å². The van der Waals surface area contributed by atoms with Gasteiger partial charge in [0, 0.05) is 11.7 Å². The highest BCUT2D eigenvalue weighted by Crippen LogP contribution is 2.11. The quantitative estimate of drug-likeness (QED) is 0.779. The zero-order valence-corrected chi connectivity index (χ0v) is 10.7. The van der Waals surface area contributed by atoms with E-state index in [9.17, 15) is 9.59 Å². The molecule has 0 saturated carbocycles. The van der Waals surface area contributed by atoms with Gasteiger partial charge in [-0.1, -0.05) is 18.7 Å². The summed E-state index contributed by atoms with van der Waals surface area (Å²) in [7, 11) is 0. The number of carbonyl (C=O) groups excluding carboxylic acids is 2. The van der Waals surface area contributed by atoms with Crippen molar-refractivity contribution in [2.75, 3.05) is 5.32 Å². The molecule has 0 bridgehead atoms. The molecule has 1 aromatic rings. The number of carbonyl (C=O) groups is 2. The number of rotatable bonds is 5. The summed E-state index contributed by atoms with van der Waals surface area (Å²) in [5.74, 6) is -0.295. The van der Waals surface area contributed by atoms with Crippen molar-refractivity contribution in [3.8, 4) is 0 Å². The Labute approximate surface area is 107 Å². The molecule has 0 saturated heterocycles. The number of benzene rings is 1. The molecule has 4 heteroatoms. The highest BCUT2D eigenvalue weighted by atomic mass is 16.2. The Morgan fingerprint density at radius 1 is 1.39 bits per heavy atom. The van der Waals surface area contributed by atoms with Crippen LogP contribution in [-0.4, -0.2) is 17.9 Å². The van der Waals surface area contributed by atoms with E-state index in [0.29, 0.717) is 12.1 Å². The largest absolute Gasteiger partial charge is 0.354 e. The van der Waals surface area contributed by atoms with Crippen LogP contribution in [0.25, 0.3) is 0 Å². The van der Waals surface area contributed by atoms with Crippen LogP contribution in [0.3, 0.4) is 0 Å². The molecule has 1 aromatic carbocycles. The third kappa shape index (κ3) is 4.82. The van der Waals surface area contributed by atoms with Crippen molar-refractivity contribution in [2.24, 2.45) is 0 Å². The van der Waals surface area contributed by atoms with Crippen LogP contribution >= 0.6 is 0 Å². The van der Waals surface area contributed by atoms with E-state index in [1.54, 1.807) is 18.2 Å². The minimum Gasteiger partial charge on any atom is -0.354 e. The Morgan fingerprint density at radius 2 is 2.11 bits per heavy atom. The summed E-state index contributed by atoms with van der Waals surface area (Å²) in [6.45, 7) is 7.21. The Morgan fingerprint density at radius 3 is 2.72 bits per heavy atom. The first kappa shape index (κ1) is 14.0. The third-order valence-corrected chi connectivity index (χ3v) is 2.19. The van der Waals surface area contributed by atoms with E-state index in [4.69, 9.17) is 0 Å². The number of hydrogen-bond acceptors (Lipinski definition) is 2. The van der Waals surface area contributed by atoms with Crippen LogP contribution in [0.4, 0.5) is 5.69 Å². The molecule has 4 nitrogen and oxygen atoms in total. The van der Waals surface area contributed by atoms with Crippen LogP contribution in [0.15, 0.2) is 36.9 Å².